The lowest BCUT2D eigenvalue weighted by Gasteiger charge is -2.16. The second-order valence-electron chi connectivity index (χ2n) is 7.48. The number of hydrogen-bond acceptors (Lipinski definition) is 2. The molecule has 0 saturated carbocycles. The molecule has 3 aromatic rings. The highest BCUT2D eigenvalue weighted by Crippen LogP contribution is 2.49. The molecule has 138 valence electrons. The van der Waals surface area contributed by atoms with Gasteiger partial charge >= 0.3 is 0 Å². The highest BCUT2D eigenvalue weighted by atomic mass is 32.2. The van der Waals surface area contributed by atoms with Crippen LogP contribution in [0.25, 0.3) is 16.8 Å². The normalized spacial score (nSPS) is 16.2. The maximum atomic E-state index is 2.44. The average Bonchev–Trinajstić information content (AvgIpc) is 2.97. The summed E-state index contributed by atoms with van der Waals surface area (Å²) in [6.07, 6.45) is 3.47. The van der Waals surface area contributed by atoms with Crippen molar-refractivity contribution < 1.29 is 4.57 Å². The lowest BCUT2D eigenvalue weighted by Crippen LogP contribution is -2.43. The van der Waals surface area contributed by atoms with E-state index in [2.05, 4.69) is 98.8 Å². The highest BCUT2D eigenvalue weighted by Gasteiger charge is 2.25. The highest BCUT2D eigenvalue weighted by molar-refractivity contribution is 8.04. The Labute approximate surface area is 166 Å². The van der Waals surface area contributed by atoms with Crippen molar-refractivity contribution in [3.05, 3.63) is 70.5 Å². The molecule has 1 aliphatic heterocycles. The van der Waals surface area contributed by atoms with Gasteiger partial charge in [0.2, 0.25) is 0 Å². The van der Waals surface area contributed by atoms with E-state index in [9.17, 15) is 0 Å². The van der Waals surface area contributed by atoms with E-state index in [1.165, 1.54) is 43.3 Å². The summed E-state index contributed by atoms with van der Waals surface area (Å²) >= 11 is 1.86. The molecule has 3 heteroatoms. The van der Waals surface area contributed by atoms with E-state index in [1.807, 2.05) is 11.8 Å². The number of fused-ring (bicyclic) bond motifs is 3. The Bertz CT molecular complexity index is 1030. The van der Waals surface area contributed by atoms with Crippen LogP contribution in [0.4, 0.5) is 5.69 Å². The van der Waals surface area contributed by atoms with Gasteiger partial charge in [-0.2, -0.15) is 4.57 Å². The van der Waals surface area contributed by atoms with Gasteiger partial charge in [-0.25, -0.2) is 0 Å². The van der Waals surface area contributed by atoms with Gasteiger partial charge in [0.25, 0.3) is 0 Å². The Kier molecular flexibility index (Phi) is 4.73. The van der Waals surface area contributed by atoms with Gasteiger partial charge in [-0.05, 0) is 30.0 Å². The van der Waals surface area contributed by atoms with E-state index < -0.39 is 0 Å². The van der Waals surface area contributed by atoms with Gasteiger partial charge in [0.15, 0.2) is 17.4 Å². The van der Waals surface area contributed by atoms with Crippen LogP contribution in [0, 0.1) is 13.8 Å². The second kappa shape index (κ2) is 7.05. The van der Waals surface area contributed by atoms with E-state index in [4.69, 9.17) is 0 Å². The van der Waals surface area contributed by atoms with Crippen molar-refractivity contribution in [2.75, 3.05) is 11.9 Å². The Morgan fingerprint density at radius 2 is 1.78 bits per heavy atom. The molecule has 0 bridgehead atoms. The van der Waals surface area contributed by atoms with Crippen molar-refractivity contribution in [2.45, 2.75) is 45.1 Å². The Morgan fingerprint density at radius 1 is 1.07 bits per heavy atom. The molecule has 0 fully saturated rings. The number of anilines is 1. The van der Waals surface area contributed by atoms with Crippen molar-refractivity contribution in [2.24, 2.45) is 0 Å². The summed E-state index contributed by atoms with van der Waals surface area (Å²) in [5.74, 6) is 0. The number of hydrogen-bond donors (Lipinski definition) is 0. The molecule has 1 aliphatic rings. The van der Waals surface area contributed by atoms with Gasteiger partial charge in [-0.15, -0.1) is 0 Å². The lowest BCUT2D eigenvalue weighted by molar-refractivity contribution is -0.730. The molecule has 0 N–H and O–H groups in total. The van der Waals surface area contributed by atoms with Crippen molar-refractivity contribution in [1.29, 1.82) is 0 Å². The molecular formula is C24H27N2S+. The van der Waals surface area contributed by atoms with Crippen LogP contribution in [0.2, 0.25) is 0 Å². The Hall–Kier alpha value is -2.26. The second-order valence-corrected chi connectivity index (χ2v) is 8.54. The first-order valence-electron chi connectivity index (χ1n) is 9.67. The zero-order valence-corrected chi connectivity index (χ0v) is 17.6. The monoisotopic (exact) mass is 375 g/mol. The molecule has 2 nitrogen and oxygen atoms in total. The van der Waals surface area contributed by atoms with Gasteiger partial charge in [-0.3, -0.25) is 0 Å². The predicted molar refractivity (Wildman–Crippen MR) is 117 cm³/mol. The predicted octanol–water partition coefficient (Wildman–Crippen LogP) is 6.26. The van der Waals surface area contributed by atoms with Crippen LogP contribution in [-0.4, -0.2) is 7.05 Å². The molecule has 1 atom stereocenters. The van der Waals surface area contributed by atoms with E-state index in [1.54, 1.807) is 0 Å². The fraction of sp³-hybridized carbons (Fsp3) is 0.292. The van der Waals surface area contributed by atoms with Crippen LogP contribution in [0.5, 0.6) is 0 Å². The topological polar surface area (TPSA) is 7.12 Å². The molecular weight excluding hydrogens is 348 g/mol. The largest absolute Gasteiger partial charge is 0.338 e. The molecule has 0 amide bonds. The van der Waals surface area contributed by atoms with Gasteiger partial charge in [0.1, 0.15) is 0 Å². The van der Waals surface area contributed by atoms with Crippen molar-refractivity contribution >= 4 is 34.3 Å². The van der Waals surface area contributed by atoms with Gasteiger partial charge in [0.05, 0.1) is 10.7 Å². The maximum absolute atomic E-state index is 2.44. The first-order valence-corrected chi connectivity index (χ1v) is 10.5. The molecule has 0 unspecified atom stereocenters. The number of rotatable bonds is 3. The van der Waals surface area contributed by atoms with Crippen LogP contribution in [0.15, 0.2) is 58.5 Å². The summed E-state index contributed by atoms with van der Waals surface area (Å²) in [6, 6.07) is 18.3. The van der Waals surface area contributed by atoms with Crippen molar-refractivity contribution in [3.63, 3.8) is 0 Å². The standard InChI is InChI=1S/C24H27N2S/c1-6-16(2)26-17(3)13-19(14-18(26)4)15-23-25(5)24-21-10-8-7-9-20(21)11-12-22(24)27-23/h7-16H,6H2,1-5H3/q+1/t16-/m1/s1. The van der Waals surface area contributed by atoms with E-state index in [0.717, 1.165) is 6.42 Å². The number of aromatic nitrogens is 1. The zero-order valence-electron chi connectivity index (χ0n) is 16.8. The minimum atomic E-state index is 0.533. The molecule has 4 rings (SSSR count). The summed E-state index contributed by atoms with van der Waals surface area (Å²) < 4.78 is 2.44. The van der Waals surface area contributed by atoms with Crippen LogP contribution in [0.1, 0.15) is 43.3 Å². The van der Waals surface area contributed by atoms with Gasteiger partial charge < -0.3 is 4.90 Å². The van der Waals surface area contributed by atoms with Gasteiger partial charge in [0, 0.05) is 49.7 Å². The number of thioether (sulfide) groups is 1. The molecule has 1 aromatic heterocycles. The summed E-state index contributed by atoms with van der Waals surface area (Å²) in [4.78, 5) is 3.67. The van der Waals surface area contributed by atoms with E-state index in [-0.39, 0.29) is 0 Å². The minimum Gasteiger partial charge on any atom is -0.338 e. The number of pyridine rings is 1. The first-order chi connectivity index (χ1) is 13.0. The summed E-state index contributed by atoms with van der Waals surface area (Å²) in [5, 5.41) is 3.90. The van der Waals surface area contributed by atoms with Crippen molar-refractivity contribution in [3.8, 4) is 0 Å². The zero-order chi connectivity index (χ0) is 19.1. The summed E-state index contributed by atoms with van der Waals surface area (Å²) in [5.41, 5.74) is 5.24. The minimum absolute atomic E-state index is 0.533. The smallest absolute Gasteiger partial charge is 0.179 e. The third-order valence-corrected chi connectivity index (χ3v) is 6.73. The van der Waals surface area contributed by atoms with Crippen LogP contribution < -0.4 is 9.47 Å². The van der Waals surface area contributed by atoms with Gasteiger partial charge in [-0.1, -0.05) is 49.0 Å². The maximum Gasteiger partial charge on any atom is 0.179 e. The first kappa shape index (κ1) is 18.1. The fourth-order valence-corrected chi connectivity index (χ4v) is 5.25. The van der Waals surface area contributed by atoms with Crippen molar-refractivity contribution in [1.82, 2.24) is 0 Å². The third-order valence-electron chi connectivity index (χ3n) is 5.58. The molecule has 0 spiro atoms. The molecule has 2 aromatic carbocycles. The van der Waals surface area contributed by atoms with E-state index in [0.29, 0.717) is 6.04 Å². The molecule has 0 saturated heterocycles. The van der Waals surface area contributed by atoms with E-state index >= 15 is 0 Å². The molecule has 0 radical (unpaired) electrons. The number of benzene rings is 2. The summed E-state index contributed by atoms with van der Waals surface area (Å²) in [7, 11) is 2.18. The third kappa shape index (κ3) is 3.14. The quantitative estimate of drug-likeness (QED) is 0.499. The molecule has 0 aliphatic carbocycles. The van der Waals surface area contributed by atoms with Crippen LogP contribution >= 0.6 is 11.8 Å². The number of aryl methyl sites for hydroxylation is 2. The lowest BCUT2D eigenvalue weighted by atomic mass is 10.1. The fourth-order valence-electron chi connectivity index (χ4n) is 4.13. The Morgan fingerprint density at radius 3 is 2.48 bits per heavy atom. The van der Waals surface area contributed by atoms with Crippen LogP contribution in [0.3, 0.4) is 0 Å². The summed E-state index contributed by atoms with van der Waals surface area (Å²) in [6.45, 7) is 8.97. The average molecular weight is 376 g/mol. The molecule has 2 heterocycles. The Balaban J connectivity index is 1.74. The number of nitrogens with zero attached hydrogens (tertiary/aromatic N) is 2. The molecule has 27 heavy (non-hydrogen) atoms. The SMILES string of the molecule is CC[C@@H](C)[n+]1c(C)cc(/C=C2\Sc3ccc4ccccc4c3N2C)cc1C. The van der Waals surface area contributed by atoms with Crippen LogP contribution in [-0.2, 0) is 0 Å².